The Morgan fingerprint density at radius 2 is 2.42 bits per heavy atom. The van der Waals surface area contributed by atoms with Gasteiger partial charge in [0.05, 0.1) is 25.9 Å². The second-order valence-corrected chi connectivity index (χ2v) is 6.18. The Balaban J connectivity index is 1.40. The second-order valence-electron chi connectivity index (χ2n) is 6.18. The van der Waals surface area contributed by atoms with Crippen molar-refractivity contribution in [2.24, 2.45) is 0 Å². The van der Waals surface area contributed by atoms with Crippen LogP contribution < -0.4 is 5.32 Å². The second kappa shape index (κ2) is 7.59. The Kier molecular flexibility index (Phi) is 5.27. The molecule has 1 fully saturated rings. The van der Waals surface area contributed by atoms with Crippen molar-refractivity contribution in [1.29, 1.82) is 0 Å². The average Bonchev–Trinajstić information content (AvgIpc) is 3.27. The molecule has 0 saturated carbocycles. The van der Waals surface area contributed by atoms with E-state index in [1.807, 2.05) is 12.1 Å². The lowest BCUT2D eigenvalue weighted by atomic mass is 10.2. The van der Waals surface area contributed by atoms with Crippen LogP contribution in [-0.4, -0.2) is 58.6 Å². The van der Waals surface area contributed by atoms with Crippen LogP contribution in [0.25, 0.3) is 0 Å². The molecular weight excluding hydrogens is 310 g/mol. The molecule has 3 heterocycles. The fourth-order valence-electron chi connectivity index (χ4n) is 2.93. The Morgan fingerprint density at radius 3 is 3.12 bits per heavy atom. The normalized spacial score (nSPS) is 18.4. The number of rotatable bonds is 7. The summed E-state index contributed by atoms with van der Waals surface area (Å²) in [5.41, 5.74) is 0. The Bertz CT molecular complexity index is 654. The van der Waals surface area contributed by atoms with Gasteiger partial charge in [-0.05, 0) is 25.6 Å². The van der Waals surface area contributed by atoms with Crippen LogP contribution in [-0.2, 0) is 17.9 Å². The number of carbonyl (C=O) groups is 1. The van der Waals surface area contributed by atoms with Crippen LogP contribution in [0, 0.1) is 6.92 Å². The van der Waals surface area contributed by atoms with Crippen molar-refractivity contribution < 1.29 is 13.7 Å². The Labute approximate surface area is 140 Å². The average molecular weight is 333 g/mol. The summed E-state index contributed by atoms with van der Waals surface area (Å²) in [6.45, 7) is 5.05. The van der Waals surface area contributed by atoms with Crippen molar-refractivity contribution in [2.75, 3.05) is 26.7 Å². The molecule has 0 spiro atoms. The van der Waals surface area contributed by atoms with Crippen LogP contribution in [0.3, 0.4) is 0 Å². The number of nitrogens with one attached hydrogen (secondary N) is 1. The first-order valence-electron chi connectivity index (χ1n) is 8.11. The van der Waals surface area contributed by atoms with E-state index in [1.54, 1.807) is 13.2 Å². The van der Waals surface area contributed by atoms with Crippen molar-refractivity contribution in [3.63, 3.8) is 0 Å². The maximum Gasteiger partial charge on any atom is 0.234 e. The highest BCUT2D eigenvalue weighted by atomic mass is 16.5. The van der Waals surface area contributed by atoms with Crippen molar-refractivity contribution in [3.8, 4) is 0 Å². The lowest BCUT2D eigenvalue weighted by Gasteiger charge is -2.23. The van der Waals surface area contributed by atoms with Crippen LogP contribution in [0.4, 0.5) is 0 Å². The van der Waals surface area contributed by atoms with E-state index in [9.17, 15) is 4.79 Å². The molecule has 0 radical (unpaired) electrons. The highest BCUT2D eigenvalue weighted by Crippen LogP contribution is 2.15. The molecule has 1 N–H and O–H groups in total. The number of furan rings is 1. The zero-order valence-corrected chi connectivity index (χ0v) is 14.1. The van der Waals surface area contributed by atoms with Crippen LogP contribution in [0.15, 0.2) is 27.3 Å². The summed E-state index contributed by atoms with van der Waals surface area (Å²) in [6, 6.07) is 4.05. The topological polar surface area (TPSA) is 87.6 Å². The fourth-order valence-corrected chi connectivity index (χ4v) is 2.93. The van der Waals surface area contributed by atoms with Gasteiger partial charge in [-0.15, -0.1) is 0 Å². The fraction of sp³-hybridized carbons (Fsp3) is 0.562. The number of hydrogen-bond acceptors (Lipinski definition) is 7. The van der Waals surface area contributed by atoms with Crippen molar-refractivity contribution in [2.45, 2.75) is 32.5 Å². The van der Waals surface area contributed by atoms with Gasteiger partial charge >= 0.3 is 0 Å². The van der Waals surface area contributed by atoms with E-state index in [-0.39, 0.29) is 5.91 Å². The van der Waals surface area contributed by atoms with Gasteiger partial charge in [-0.25, -0.2) is 0 Å². The number of hydrogen-bond donors (Lipinski definition) is 1. The predicted molar refractivity (Wildman–Crippen MR) is 85.9 cm³/mol. The van der Waals surface area contributed by atoms with E-state index in [2.05, 4.69) is 32.3 Å². The minimum absolute atomic E-state index is 0.0171. The molecule has 8 nitrogen and oxygen atoms in total. The molecule has 0 aromatic carbocycles. The Hall–Kier alpha value is -2.19. The first-order chi connectivity index (χ1) is 11.6. The van der Waals surface area contributed by atoms with Gasteiger partial charge in [0.1, 0.15) is 5.76 Å². The van der Waals surface area contributed by atoms with E-state index in [1.165, 1.54) is 0 Å². The number of nitrogens with zero attached hydrogens (tertiary/aromatic N) is 4. The molecule has 3 rings (SSSR count). The molecule has 8 heteroatoms. The molecule has 0 bridgehead atoms. The number of amides is 1. The molecule has 1 saturated heterocycles. The lowest BCUT2D eigenvalue weighted by molar-refractivity contribution is -0.122. The molecule has 2 aromatic heterocycles. The lowest BCUT2D eigenvalue weighted by Crippen LogP contribution is -2.38. The largest absolute Gasteiger partial charge is 0.467 e. The molecule has 1 atom stereocenters. The van der Waals surface area contributed by atoms with Crippen LogP contribution in [0.2, 0.25) is 0 Å². The summed E-state index contributed by atoms with van der Waals surface area (Å²) in [5, 5.41) is 6.81. The van der Waals surface area contributed by atoms with Crippen molar-refractivity contribution in [1.82, 2.24) is 25.3 Å². The number of carbonyl (C=O) groups excluding carboxylic acids is 1. The van der Waals surface area contributed by atoms with E-state index >= 15 is 0 Å². The summed E-state index contributed by atoms with van der Waals surface area (Å²) >= 11 is 0. The summed E-state index contributed by atoms with van der Waals surface area (Å²) < 4.78 is 10.2. The summed E-state index contributed by atoms with van der Waals surface area (Å²) in [6.07, 6.45) is 2.63. The highest BCUT2D eigenvalue weighted by molar-refractivity contribution is 5.77. The van der Waals surface area contributed by atoms with E-state index in [0.717, 1.165) is 25.3 Å². The first kappa shape index (κ1) is 16.7. The Morgan fingerprint density at radius 1 is 1.54 bits per heavy atom. The zero-order valence-electron chi connectivity index (χ0n) is 14.1. The van der Waals surface area contributed by atoms with E-state index in [4.69, 9.17) is 8.94 Å². The summed E-state index contributed by atoms with van der Waals surface area (Å²) in [7, 11) is 2.05. The molecule has 1 unspecified atom stereocenters. The van der Waals surface area contributed by atoms with Gasteiger partial charge < -0.3 is 14.3 Å². The molecule has 1 amide bonds. The quantitative estimate of drug-likeness (QED) is 0.801. The molecule has 0 aliphatic carbocycles. The number of likely N-dealkylation sites (tertiary alicyclic amines) is 1. The van der Waals surface area contributed by atoms with Gasteiger partial charge in [0.2, 0.25) is 11.8 Å². The predicted octanol–water partition coefficient (Wildman–Crippen LogP) is 0.794. The highest BCUT2D eigenvalue weighted by Gasteiger charge is 2.27. The van der Waals surface area contributed by atoms with Gasteiger partial charge in [0.25, 0.3) is 0 Å². The first-order valence-corrected chi connectivity index (χ1v) is 8.11. The van der Waals surface area contributed by atoms with Gasteiger partial charge in [0.15, 0.2) is 5.82 Å². The molecule has 2 aromatic rings. The maximum atomic E-state index is 12.0. The summed E-state index contributed by atoms with van der Waals surface area (Å²) in [5.74, 6) is 2.06. The standard InChI is InChI=1S/C16H23N5O3/c1-12-18-15(19-24-12)10-20(2)13-5-6-21(9-13)11-16(22)17-8-14-4-3-7-23-14/h3-4,7,13H,5-6,8-11H2,1-2H3,(H,17,22). The van der Waals surface area contributed by atoms with Crippen LogP contribution >= 0.6 is 0 Å². The molecule has 130 valence electrons. The van der Waals surface area contributed by atoms with Gasteiger partial charge in [0, 0.05) is 26.1 Å². The third-order valence-electron chi connectivity index (χ3n) is 4.24. The molecular formula is C16H23N5O3. The molecule has 1 aliphatic rings. The molecule has 1 aliphatic heterocycles. The third-order valence-corrected chi connectivity index (χ3v) is 4.24. The number of aromatic nitrogens is 2. The maximum absolute atomic E-state index is 12.0. The molecule has 24 heavy (non-hydrogen) atoms. The summed E-state index contributed by atoms with van der Waals surface area (Å²) in [4.78, 5) is 20.6. The van der Waals surface area contributed by atoms with E-state index in [0.29, 0.717) is 37.4 Å². The van der Waals surface area contributed by atoms with Gasteiger partial charge in [-0.3, -0.25) is 14.6 Å². The van der Waals surface area contributed by atoms with E-state index < -0.39 is 0 Å². The minimum atomic E-state index is 0.0171. The monoisotopic (exact) mass is 333 g/mol. The SMILES string of the molecule is Cc1nc(CN(C)C2CCN(CC(=O)NCc3ccco3)C2)no1. The zero-order chi connectivity index (χ0) is 16.9. The van der Waals surface area contributed by atoms with Gasteiger partial charge in [-0.2, -0.15) is 4.98 Å². The van der Waals surface area contributed by atoms with Crippen LogP contribution in [0.5, 0.6) is 0 Å². The van der Waals surface area contributed by atoms with Crippen LogP contribution in [0.1, 0.15) is 23.9 Å². The smallest absolute Gasteiger partial charge is 0.234 e. The third kappa shape index (κ3) is 4.42. The van der Waals surface area contributed by atoms with Crippen molar-refractivity contribution >= 4 is 5.91 Å². The minimum Gasteiger partial charge on any atom is -0.467 e. The number of aryl methyl sites for hydroxylation is 1. The van der Waals surface area contributed by atoms with Crippen molar-refractivity contribution in [3.05, 3.63) is 35.9 Å². The number of likely N-dealkylation sites (N-methyl/N-ethyl adjacent to an activating group) is 1. The van der Waals surface area contributed by atoms with Gasteiger partial charge in [-0.1, -0.05) is 5.16 Å².